The normalized spacial score (nSPS) is 10.5. The number of hydrogen-bond donors (Lipinski definition) is 1. The van der Waals surface area contributed by atoms with Crippen LogP contribution >= 0.6 is 0 Å². The van der Waals surface area contributed by atoms with Crippen molar-refractivity contribution in [3.63, 3.8) is 0 Å². The number of nitrogens with two attached hydrogens (primary N) is 1. The van der Waals surface area contributed by atoms with Gasteiger partial charge in [-0.2, -0.15) is 0 Å². The van der Waals surface area contributed by atoms with Crippen molar-refractivity contribution in [2.24, 2.45) is 0 Å². The molecule has 0 spiro atoms. The molecule has 0 radical (unpaired) electrons. The molecule has 0 fully saturated rings. The summed E-state index contributed by atoms with van der Waals surface area (Å²) in [6, 6.07) is 8.14. The average Bonchev–Trinajstić information content (AvgIpc) is 2.68. The molecule has 3 nitrogen and oxygen atoms in total. The first-order chi connectivity index (χ1) is 8.08. The predicted octanol–water partition coefficient (Wildman–Crippen LogP) is 3.12. The minimum absolute atomic E-state index is 0.824. The van der Waals surface area contributed by atoms with Crippen LogP contribution in [0.5, 0.6) is 0 Å². The minimum Gasteiger partial charge on any atom is -0.469 e. The van der Waals surface area contributed by atoms with Gasteiger partial charge in [0.1, 0.15) is 5.76 Å². The number of aryl methyl sites for hydroxylation is 2. The number of benzene rings is 1. The van der Waals surface area contributed by atoms with E-state index in [1.54, 1.807) is 6.26 Å². The quantitative estimate of drug-likeness (QED) is 0.824. The summed E-state index contributed by atoms with van der Waals surface area (Å²) in [6.45, 7) is 4.82. The molecule has 0 bridgehead atoms. The van der Waals surface area contributed by atoms with Gasteiger partial charge in [-0.05, 0) is 37.6 Å². The highest BCUT2D eigenvalue weighted by Gasteiger charge is 2.07. The number of hydrogen-bond acceptors (Lipinski definition) is 3. The van der Waals surface area contributed by atoms with Gasteiger partial charge in [0.25, 0.3) is 0 Å². The highest BCUT2D eigenvalue weighted by atomic mass is 16.3. The third-order valence-electron chi connectivity index (χ3n) is 3.08. The van der Waals surface area contributed by atoms with E-state index in [4.69, 9.17) is 10.2 Å². The Morgan fingerprint density at radius 2 is 2.00 bits per heavy atom. The molecule has 2 aromatic rings. The van der Waals surface area contributed by atoms with Gasteiger partial charge in [-0.15, -0.1) is 0 Å². The molecular formula is C14H18N2O. The maximum absolute atomic E-state index is 5.92. The van der Waals surface area contributed by atoms with Crippen LogP contribution in [-0.2, 0) is 6.54 Å². The number of furan rings is 1. The molecule has 1 aromatic heterocycles. The van der Waals surface area contributed by atoms with Crippen LogP contribution in [0.2, 0.25) is 0 Å². The topological polar surface area (TPSA) is 42.4 Å². The first-order valence-electron chi connectivity index (χ1n) is 5.68. The van der Waals surface area contributed by atoms with E-state index in [0.717, 1.165) is 29.2 Å². The Bertz CT molecular complexity index is 517. The van der Waals surface area contributed by atoms with Crippen LogP contribution in [-0.4, -0.2) is 7.05 Å². The highest BCUT2D eigenvalue weighted by Crippen LogP contribution is 2.22. The fourth-order valence-corrected chi connectivity index (χ4v) is 1.79. The maximum atomic E-state index is 5.92. The molecule has 90 valence electrons. The molecule has 0 aliphatic carbocycles. The highest BCUT2D eigenvalue weighted by molar-refractivity contribution is 5.59. The van der Waals surface area contributed by atoms with Gasteiger partial charge < -0.3 is 15.1 Å². The lowest BCUT2D eigenvalue weighted by molar-refractivity contribution is 0.529. The van der Waals surface area contributed by atoms with Gasteiger partial charge in [-0.1, -0.05) is 6.07 Å². The molecule has 0 aliphatic heterocycles. The second-order valence-electron chi connectivity index (χ2n) is 4.40. The number of nitrogens with zero attached hydrogens (tertiary/aromatic N) is 1. The smallest absolute Gasteiger partial charge is 0.105 e. The summed E-state index contributed by atoms with van der Waals surface area (Å²) in [5, 5.41) is 0. The molecule has 17 heavy (non-hydrogen) atoms. The van der Waals surface area contributed by atoms with Gasteiger partial charge in [0.2, 0.25) is 0 Å². The Labute approximate surface area is 102 Å². The van der Waals surface area contributed by atoms with Crippen molar-refractivity contribution >= 4 is 11.4 Å². The molecule has 0 unspecified atom stereocenters. The number of nitrogen functional groups attached to an aromatic ring is 1. The molecule has 0 amide bonds. The Hall–Kier alpha value is -1.90. The zero-order valence-electron chi connectivity index (χ0n) is 10.5. The summed E-state index contributed by atoms with van der Waals surface area (Å²) in [5.41, 5.74) is 10.2. The van der Waals surface area contributed by atoms with Crippen molar-refractivity contribution in [3.8, 4) is 0 Å². The minimum atomic E-state index is 0.824. The molecule has 1 heterocycles. The van der Waals surface area contributed by atoms with Crippen molar-refractivity contribution in [1.82, 2.24) is 0 Å². The molecule has 2 rings (SSSR count). The van der Waals surface area contributed by atoms with Crippen molar-refractivity contribution < 1.29 is 4.42 Å². The predicted molar refractivity (Wildman–Crippen MR) is 71.1 cm³/mol. The van der Waals surface area contributed by atoms with Crippen LogP contribution in [0.25, 0.3) is 0 Å². The van der Waals surface area contributed by atoms with Crippen molar-refractivity contribution in [1.29, 1.82) is 0 Å². The number of anilines is 2. The Balaban J connectivity index is 2.17. The van der Waals surface area contributed by atoms with Crippen molar-refractivity contribution in [3.05, 3.63) is 47.4 Å². The fourth-order valence-electron chi connectivity index (χ4n) is 1.79. The van der Waals surface area contributed by atoms with Crippen molar-refractivity contribution in [2.75, 3.05) is 17.7 Å². The monoisotopic (exact) mass is 230 g/mol. The van der Waals surface area contributed by atoms with E-state index in [1.165, 1.54) is 5.56 Å². The Morgan fingerprint density at radius 1 is 1.24 bits per heavy atom. The molecule has 0 atom stereocenters. The summed E-state index contributed by atoms with van der Waals surface area (Å²) < 4.78 is 5.29. The molecule has 3 heteroatoms. The van der Waals surface area contributed by atoms with E-state index >= 15 is 0 Å². The third kappa shape index (κ3) is 2.44. The standard InChI is InChI=1S/C14H18N2O/c1-10-4-5-13(8-14(10)15)16(3)9-12-6-7-17-11(12)2/h4-8H,9,15H2,1-3H3. The Kier molecular flexibility index (Phi) is 3.09. The van der Waals surface area contributed by atoms with E-state index in [2.05, 4.69) is 18.0 Å². The molecule has 0 saturated heterocycles. The summed E-state index contributed by atoms with van der Waals surface area (Å²) in [5.74, 6) is 0.969. The molecule has 2 N–H and O–H groups in total. The molecular weight excluding hydrogens is 212 g/mol. The summed E-state index contributed by atoms with van der Waals surface area (Å²) in [7, 11) is 2.05. The molecule has 0 aliphatic rings. The average molecular weight is 230 g/mol. The van der Waals surface area contributed by atoms with Crippen LogP contribution in [0.15, 0.2) is 34.9 Å². The van der Waals surface area contributed by atoms with E-state index in [1.807, 2.05) is 32.0 Å². The zero-order valence-corrected chi connectivity index (χ0v) is 10.5. The molecule has 0 saturated carbocycles. The Morgan fingerprint density at radius 3 is 2.59 bits per heavy atom. The van der Waals surface area contributed by atoms with E-state index in [0.29, 0.717) is 0 Å². The SMILES string of the molecule is Cc1ccc(N(C)Cc2ccoc2C)cc1N. The van der Waals surface area contributed by atoms with Gasteiger partial charge in [0, 0.05) is 30.5 Å². The van der Waals surface area contributed by atoms with E-state index in [9.17, 15) is 0 Å². The van der Waals surface area contributed by atoms with Crippen LogP contribution in [0.4, 0.5) is 11.4 Å². The lowest BCUT2D eigenvalue weighted by Gasteiger charge is -2.19. The third-order valence-corrected chi connectivity index (χ3v) is 3.08. The van der Waals surface area contributed by atoms with Crippen LogP contribution in [0.1, 0.15) is 16.9 Å². The van der Waals surface area contributed by atoms with Gasteiger partial charge in [0.05, 0.1) is 6.26 Å². The van der Waals surface area contributed by atoms with Crippen molar-refractivity contribution in [2.45, 2.75) is 20.4 Å². The van der Waals surface area contributed by atoms with Gasteiger partial charge >= 0.3 is 0 Å². The van der Waals surface area contributed by atoms with Gasteiger partial charge in [0.15, 0.2) is 0 Å². The lowest BCUT2D eigenvalue weighted by atomic mass is 10.1. The first kappa shape index (κ1) is 11.6. The summed E-state index contributed by atoms with van der Waals surface area (Å²) >= 11 is 0. The fraction of sp³-hybridized carbons (Fsp3) is 0.286. The van der Waals surface area contributed by atoms with Crippen LogP contribution < -0.4 is 10.6 Å². The first-order valence-corrected chi connectivity index (χ1v) is 5.68. The second kappa shape index (κ2) is 4.53. The second-order valence-corrected chi connectivity index (χ2v) is 4.40. The zero-order chi connectivity index (χ0) is 12.4. The largest absolute Gasteiger partial charge is 0.469 e. The number of rotatable bonds is 3. The summed E-state index contributed by atoms with van der Waals surface area (Å²) in [6.07, 6.45) is 1.72. The molecule has 1 aromatic carbocycles. The van der Waals surface area contributed by atoms with Crippen LogP contribution in [0.3, 0.4) is 0 Å². The maximum Gasteiger partial charge on any atom is 0.105 e. The van der Waals surface area contributed by atoms with Gasteiger partial charge in [-0.25, -0.2) is 0 Å². The van der Waals surface area contributed by atoms with E-state index in [-0.39, 0.29) is 0 Å². The van der Waals surface area contributed by atoms with Gasteiger partial charge in [-0.3, -0.25) is 0 Å². The summed E-state index contributed by atoms with van der Waals surface area (Å²) in [4.78, 5) is 2.16. The van der Waals surface area contributed by atoms with E-state index < -0.39 is 0 Å². The lowest BCUT2D eigenvalue weighted by Crippen LogP contribution is -2.16. The van der Waals surface area contributed by atoms with Crippen LogP contribution in [0, 0.1) is 13.8 Å².